The zero-order chi connectivity index (χ0) is 13.3. The van der Waals surface area contributed by atoms with Crippen LogP contribution in [0.5, 0.6) is 0 Å². The summed E-state index contributed by atoms with van der Waals surface area (Å²) in [6.45, 7) is 6.56. The number of nitrogens with one attached hydrogen (secondary N) is 1. The molecule has 1 fully saturated rings. The van der Waals surface area contributed by atoms with Crippen LogP contribution < -0.4 is 10.2 Å². The van der Waals surface area contributed by atoms with Gasteiger partial charge >= 0.3 is 0 Å². The lowest BCUT2D eigenvalue weighted by molar-refractivity contribution is -0.125. The molecule has 1 aliphatic rings. The fourth-order valence-corrected chi connectivity index (χ4v) is 2.52. The number of aliphatic hydroxyl groups excluding tert-OH is 1. The number of rotatable bonds is 2. The number of aliphatic hydroxyl groups is 1. The molecular weight excluding hydrogens is 228 g/mol. The second-order valence-corrected chi connectivity index (χ2v) is 5.44. The number of amides is 1. The predicted octanol–water partition coefficient (Wildman–Crippen LogP) is 1.07. The highest BCUT2D eigenvalue weighted by Gasteiger charge is 2.40. The van der Waals surface area contributed by atoms with Crippen molar-refractivity contribution in [3.63, 3.8) is 0 Å². The second kappa shape index (κ2) is 4.61. The highest BCUT2D eigenvalue weighted by atomic mass is 16.3. The molecule has 4 nitrogen and oxygen atoms in total. The average Bonchev–Trinajstić information content (AvgIpc) is 2.31. The Morgan fingerprint density at radius 3 is 2.83 bits per heavy atom. The Morgan fingerprint density at radius 1 is 1.50 bits per heavy atom. The van der Waals surface area contributed by atoms with Crippen molar-refractivity contribution in [2.75, 3.05) is 18.1 Å². The highest BCUT2D eigenvalue weighted by Crippen LogP contribution is 2.29. The van der Waals surface area contributed by atoms with Gasteiger partial charge in [-0.3, -0.25) is 4.79 Å². The third kappa shape index (κ3) is 2.20. The van der Waals surface area contributed by atoms with Crippen LogP contribution >= 0.6 is 0 Å². The summed E-state index contributed by atoms with van der Waals surface area (Å²) in [5.74, 6) is -0.113. The molecule has 18 heavy (non-hydrogen) atoms. The van der Waals surface area contributed by atoms with Crippen molar-refractivity contribution < 1.29 is 9.90 Å². The predicted molar refractivity (Wildman–Crippen MR) is 71.6 cm³/mol. The molecule has 1 saturated heterocycles. The molecule has 0 saturated carbocycles. The summed E-state index contributed by atoms with van der Waals surface area (Å²) in [6, 6.07) is 7.50. The van der Waals surface area contributed by atoms with Gasteiger partial charge in [0.1, 0.15) is 6.04 Å². The normalized spacial score (nSPS) is 22.8. The first kappa shape index (κ1) is 12.9. The van der Waals surface area contributed by atoms with E-state index in [1.807, 2.05) is 36.1 Å². The molecule has 0 spiro atoms. The molecule has 2 N–H and O–H groups in total. The minimum atomic E-state index is -0.518. The van der Waals surface area contributed by atoms with E-state index >= 15 is 0 Å². The largest absolute Gasteiger partial charge is 0.394 e. The van der Waals surface area contributed by atoms with Gasteiger partial charge in [-0.2, -0.15) is 0 Å². The quantitative estimate of drug-likeness (QED) is 0.823. The first-order valence-electron chi connectivity index (χ1n) is 6.20. The van der Waals surface area contributed by atoms with Gasteiger partial charge in [0.25, 0.3) is 0 Å². The van der Waals surface area contributed by atoms with Crippen molar-refractivity contribution in [3.8, 4) is 0 Å². The molecule has 98 valence electrons. The Hall–Kier alpha value is -1.55. The van der Waals surface area contributed by atoms with E-state index in [4.69, 9.17) is 0 Å². The molecule has 1 atom stereocenters. The summed E-state index contributed by atoms with van der Waals surface area (Å²) >= 11 is 0. The summed E-state index contributed by atoms with van der Waals surface area (Å²) in [5.41, 5.74) is 1.91. The van der Waals surface area contributed by atoms with Crippen LogP contribution in [-0.4, -0.2) is 35.7 Å². The van der Waals surface area contributed by atoms with E-state index < -0.39 is 6.04 Å². The lowest BCUT2D eigenvalue weighted by Gasteiger charge is -2.48. The third-order valence-corrected chi connectivity index (χ3v) is 3.41. The van der Waals surface area contributed by atoms with Gasteiger partial charge in [-0.15, -0.1) is 0 Å². The van der Waals surface area contributed by atoms with Crippen molar-refractivity contribution in [3.05, 3.63) is 29.8 Å². The Morgan fingerprint density at radius 2 is 2.22 bits per heavy atom. The van der Waals surface area contributed by atoms with Crippen LogP contribution in [0.3, 0.4) is 0 Å². The van der Waals surface area contributed by atoms with E-state index in [-0.39, 0.29) is 18.1 Å². The minimum Gasteiger partial charge on any atom is -0.394 e. The Bertz CT molecular complexity index is 457. The maximum Gasteiger partial charge on any atom is 0.245 e. The van der Waals surface area contributed by atoms with Crippen molar-refractivity contribution in [2.45, 2.75) is 32.4 Å². The van der Waals surface area contributed by atoms with E-state index in [1.165, 1.54) is 0 Å². The molecule has 0 aliphatic carbocycles. The minimum absolute atomic E-state index is 0.113. The van der Waals surface area contributed by atoms with Crippen LogP contribution in [0.4, 0.5) is 5.69 Å². The maximum atomic E-state index is 11.9. The van der Waals surface area contributed by atoms with E-state index in [2.05, 4.69) is 19.2 Å². The summed E-state index contributed by atoms with van der Waals surface area (Å²) in [4.78, 5) is 13.9. The van der Waals surface area contributed by atoms with Gasteiger partial charge < -0.3 is 15.3 Å². The number of hydrogen-bond acceptors (Lipinski definition) is 3. The van der Waals surface area contributed by atoms with Crippen LogP contribution in [0.25, 0.3) is 0 Å². The molecule has 2 rings (SSSR count). The standard InChI is InChI=1S/C14H20N2O2/c1-10-5-4-6-11(7-10)16-12(8-17)13(18)15-9-14(16,2)3/h4-7,12,17H,8-9H2,1-3H3,(H,15,18). The number of benzene rings is 1. The van der Waals surface area contributed by atoms with Crippen molar-refractivity contribution in [1.82, 2.24) is 5.32 Å². The van der Waals surface area contributed by atoms with Crippen LogP contribution in [0.15, 0.2) is 24.3 Å². The summed E-state index contributed by atoms with van der Waals surface area (Å²) < 4.78 is 0. The van der Waals surface area contributed by atoms with Crippen LogP contribution in [0, 0.1) is 6.92 Å². The number of piperazine rings is 1. The van der Waals surface area contributed by atoms with Gasteiger partial charge in [-0.25, -0.2) is 0 Å². The first-order valence-corrected chi connectivity index (χ1v) is 6.20. The molecule has 1 aromatic carbocycles. The number of hydrogen-bond donors (Lipinski definition) is 2. The van der Waals surface area contributed by atoms with Crippen molar-refractivity contribution >= 4 is 11.6 Å². The molecule has 4 heteroatoms. The van der Waals surface area contributed by atoms with Gasteiger partial charge in [0.2, 0.25) is 5.91 Å². The van der Waals surface area contributed by atoms with Gasteiger partial charge in [0.15, 0.2) is 0 Å². The molecule has 0 radical (unpaired) electrons. The summed E-state index contributed by atoms with van der Waals surface area (Å²) in [6.07, 6.45) is 0. The average molecular weight is 248 g/mol. The van der Waals surface area contributed by atoms with Gasteiger partial charge in [0, 0.05) is 12.2 Å². The van der Waals surface area contributed by atoms with E-state index in [0.717, 1.165) is 11.3 Å². The molecule has 0 aromatic heterocycles. The lowest BCUT2D eigenvalue weighted by atomic mass is 9.94. The van der Waals surface area contributed by atoms with Gasteiger partial charge in [-0.05, 0) is 38.5 Å². The van der Waals surface area contributed by atoms with Gasteiger partial charge in [-0.1, -0.05) is 12.1 Å². The second-order valence-electron chi connectivity index (χ2n) is 5.44. The SMILES string of the molecule is Cc1cccc(N2C(CO)C(=O)NCC2(C)C)c1. The van der Waals surface area contributed by atoms with Crippen molar-refractivity contribution in [1.29, 1.82) is 0 Å². The van der Waals surface area contributed by atoms with Crippen LogP contribution in [-0.2, 0) is 4.79 Å². The maximum absolute atomic E-state index is 11.9. The smallest absolute Gasteiger partial charge is 0.245 e. The van der Waals surface area contributed by atoms with Crippen molar-refractivity contribution in [2.24, 2.45) is 0 Å². The number of aryl methyl sites for hydroxylation is 1. The monoisotopic (exact) mass is 248 g/mol. The van der Waals surface area contributed by atoms with Crippen LogP contribution in [0.2, 0.25) is 0 Å². The number of nitrogens with zero attached hydrogens (tertiary/aromatic N) is 1. The highest BCUT2D eigenvalue weighted by molar-refractivity contribution is 5.87. The molecule has 1 unspecified atom stereocenters. The first-order chi connectivity index (χ1) is 8.45. The number of carbonyl (C=O) groups is 1. The molecule has 1 aliphatic heterocycles. The fourth-order valence-electron chi connectivity index (χ4n) is 2.52. The fraction of sp³-hybridized carbons (Fsp3) is 0.500. The van der Waals surface area contributed by atoms with E-state index in [0.29, 0.717) is 6.54 Å². The molecule has 1 aromatic rings. The summed E-state index contributed by atoms with van der Waals surface area (Å²) in [5, 5.41) is 12.3. The van der Waals surface area contributed by atoms with Gasteiger partial charge in [0.05, 0.1) is 12.1 Å². The molecule has 0 bridgehead atoms. The lowest BCUT2D eigenvalue weighted by Crippen LogP contribution is -2.67. The molecule has 1 amide bonds. The summed E-state index contributed by atoms with van der Waals surface area (Å²) in [7, 11) is 0. The Balaban J connectivity index is 2.44. The molecular formula is C14H20N2O2. The van der Waals surface area contributed by atoms with E-state index in [9.17, 15) is 9.90 Å². The zero-order valence-electron chi connectivity index (χ0n) is 11.1. The van der Waals surface area contributed by atoms with Crippen LogP contribution in [0.1, 0.15) is 19.4 Å². The molecule has 1 heterocycles. The Labute approximate surface area is 108 Å². The zero-order valence-corrected chi connectivity index (χ0v) is 11.1. The topological polar surface area (TPSA) is 52.6 Å². The number of carbonyl (C=O) groups excluding carboxylic acids is 1. The Kier molecular flexibility index (Phi) is 3.30. The third-order valence-electron chi connectivity index (χ3n) is 3.41. The van der Waals surface area contributed by atoms with E-state index in [1.54, 1.807) is 0 Å². The number of anilines is 1.